The van der Waals surface area contributed by atoms with Crippen LogP contribution in [-0.2, 0) is 10.8 Å². The Labute approximate surface area is 174 Å². The summed E-state index contributed by atoms with van der Waals surface area (Å²) in [6, 6.07) is 9.23. The molecule has 28 heavy (non-hydrogen) atoms. The zero-order chi connectivity index (χ0) is 20.2. The summed E-state index contributed by atoms with van der Waals surface area (Å²) in [4.78, 5) is 0. The summed E-state index contributed by atoms with van der Waals surface area (Å²) in [6.07, 6.45) is 11.6. The van der Waals surface area contributed by atoms with Crippen LogP contribution in [0.15, 0.2) is 36.9 Å². The Balaban J connectivity index is 1.65. The van der Waals surface area contributed by atoms with Gasteiger partial charge in [0.2, 0.25) is 0 Å². The number of hydrogen-bond acceptors (Lipinski definition) is 1. The van der Waals surface area contributed by atoms with Gasteiger partial charge in [-0.15, -0.1) is 6.58 Å². The summed E-state index contributed by atoms with van der Waals surface area (Å²) < 4.78 is 6.88. The quantitative estimate of drug-likeness (QED) is 0.378. The van der Waals surface area contributed by atoms with Gasteiger partial charge < -0.3 is 4.43 Å². The third-order valence-electron chi connectivity index (χ3n) is 9.30. The summed E-state index contributed by atoms with van der Waals surface area (Å²) in [5.41, 5.74) is 3.87. The van der Waals surface area contributed by atoms with Crippen LogP contribution in [0.1, 0.15) is 76.3 Å². The van der Waals surface area contributed by atoms with Crippen LogP contribution in [0.2, 0.25) is 18.1 Å². The van der Waals surface area contributed by atoms with Gasteiger partial charge in [-0.1, -0.05) is 57.5 Å². The predicted molar refractivity (Wildman–Crippen MR) is 122 cm³/mol. The molecule has 0 aromatic heterocycles. The number of hydrogen-bond donors (Lipinski definition) is 0. The highest BCUT2D eigenvalue weighted by Gasteiger charge is 2.59. The van der Waals surface area contributed by atoms with Gasteiger partial charge in [-0.2, -0.15) is 0 Å². The Morgan fingerprint density at radius 3 is 2.61 bits per heavy atom. The van der Waals surface area contributed by atoms with Gasteiger partial charge >= 0.3 is 0 Å². The molecule has 0 saturated heterocycles. The zero-order valence-corrected chi connectivity index (χ0v) is 19.8. The van der Waals surface area contributed by atoms with E-state index >= 15 is 0 Å². The fourth-order valence-corrected chi connectivity index (χ4v) is 7.72. The third-order valence-corrected chi connectivity index (χ3v) is 13.8. The molecule has 0 amide bonds. The van der Waals surface area contributed by atoms with E-state index in [0.717, 1.165) is 12.5 Å². The maximum atomic E-state index is 6.88. The van der Waals surface area contributed by atoms with Gasteiger partial charge in [0.05, 0.1) is 0 Å². The monoisotopic (exact) mass is 396 g/mol. The molecule has 1 aromatic rings. The first-order valence-corrected chi connectivity index (χ1v) is 14.4. The van der Waals surface area contributed by atoms with Crippen molar-refractivity contribution < 1.29 is 4.43 Å². The van der Waals surface area contributed by atoms with Crippen LogP contribution in [0.25, 0.3) is 0 Å². The maximum Gasteiger partial charge on any atom is 0.192 e. The Morgan fingerprint density at radius 1 is 1.14 bits per heavy atom. The molecule has 0 spiro atoms. The molecule has 0 radical (unpaired) electrons. The second-order valence-corrected chi connectivity index (χ2v) is 16.3. The number of rotatable bonds is 4. The summed E-state index contributed by atoms with van der Waals surface area (Å²) in [7, 11) is -1.72. The minimum absolute atomic E-state index is 0.278. The van der Waals surface area contributed by atoms with Crippen molar-refractivity contribution in [3.63, 3.8) is 0 Å². The Kier molecular flexibility index (Phi) is 4.99. The lowest BCUT2D eigenvalue weighted by molar-refractivity contribution is -0.0378. The molecule has 0 heterocycles. The molecule has 0 aliphatic heterocycles. The second-order valence-electron chi connectivity index (χ2n) is 11.5. The normalized spacial score (nSPS) is 35.0. The molecule has 1 aromatic carbocycles. The number of benzene rings is 1. The van der Waals surface area contributed by atoms with E-state index in [1.165, 1.54) is 44.9 Å². The van der Waals surface area contributed by atoms with Crippen molar-refractivity contribution >= 4 is 8.32 Å². The van der Waals surface area contributed by atoms with Gasteiger partial charge in [-0.25, -0.2) is 0 Å². The lowest BCUT2D eigenvalue weighted by atomic mass is 9.47. The zero-order valence-electron chi connectivity index (χ0n) is 18.8. The lowest BCUT2D eigenvalue weighted by Crippen LogP contribution is -2.52. The Morgan fingerprint density at radius 2 is 1.89 bits per heavy atom. The van der Waals surface area contributed by atoms with Crippen molar-refractivity contribution in [1.29, 1.82) is 0 Å². The molecule has 154 valence electrons. The molecular formula is C26H40OSi. The first-order valence-electron chi connectivity index (χ1n) is 11.5. The highest BCUT2D eigenvalue weighted by molar-refractivity contribution is 6.74. The molecule has 2 heteroatoms. The first-order chi connectivity index (χ1) is 13.2. The van der Waals surface area contributed by atoms with E-state index in [1.807, 2.05) is 0 Å². The van der Waals surface area contributed by atoms with Crippen molar-refractivity contribution in [3.8, 4) is 0 Å². The van der Waals surface area contributed by atoms with E-state index < -0.39 is 8.32 Å². The van der Waals surface area contributed by atoms with Gasteiger partial charge in [-0.3, -0.25) is 0 Å². The average molecular weight is 397 g/mol. The fraction of sp³-hybridized carbons (Fsp3) is 0.692. The Bertz CT molecular complexity index is 745. The van der Waals surface area contributed by atoms with Gasteiger partial charge in [0.25, 0.3) is 0 Å². The molecule has 1 nitrogen and oxygen atoms in total. The average Bonchev–Trinajstić information content (AvgIpc) is 3.10. The molecule has 3 aliphatic rings. The fourth-order valence-electron chi connectivity index (χ4n) is 6.64. The van der Waals surface area contributed by atoms with Crippen molar-refractivity contribution in [2.24, 2.45) is 16.7 Å². The van der Waals surface area contributed by atoms with Gasteiger partial charge in [0.15, 0.2) is 8.32 Å². The van der Waals surface area contributed by atoms with Gasteiger partial charge in [0.1, 0.15) is 0 Å². The number of fused-ring (bicyclic) bond motifs is 5. The van der Waals surface area contributed by atoms with Crippen molar-refractivity contribution in [1.82, 2.24) is 0 Å². The molecule has 4 rings (SSSR count). The number of aryl methyl sites for hydroxylation is 1. The predicted octanol–water partition coefficient (Wildman–Crippen LogP) is 7.49. The standard InChI is InChI=1S/C26H40OSi/c1-7-26-18-14-20-11-8-9-12-21(20)22(26)15-17-25(16-10-13-23(25)26)19-27-28(5,6)24(2,3)4/h7-9,11-12,22-23H,1,10,13-19H2,2-6H3/t22-,23-,25+,26-/m1/s1. The third kappa shape index (κ3) is 2.98. The smallest absolute Gasteiger partial charge is 0.192 e. The summed E-state index contributed by atoms with van der Waals surface area (Å²) in [5.74, 6) is 1.41. The van der Waals surface area contributed by atoms with E-state index in [0.29, 0.717) is 11.3 Å². The second kappa shape index (κ2) is 6.84. The topological polar surface area (TPSA) is 9.23 Å². The molecule has 0 N–H and O–H groups in total. The van der Waals surface area contributed by atoms with Crippen LogP contribution in [0.5, 0.6) is 0 Å². The van der Waals surface area contributed by atoms with E-state index in [4.69, 9.17) is 4.43 Å². The molecular weight excluding hydrogens is 356 g/mol. The van der Waals surface area contributed by atoms with Gasteiger partial charge in [-0.05, 0) is 90.4 Å². The maximum absolute atomic E-state index is 6.88. The Hall–Kier alpha value is -0.863. The first kappa shape index (κ1) is 20.4. The van der Waals surface area contributed by atoms with Crippen LogP contribution >= 0.6 is 0 Å². The van der Waals surface area contributed by atoms with E-state index in [1.54, 1.807) is 11.1 Å². The highest BCUT2D eigenvalue weighted by Crippen LogP contribution is 2.67. The summed E-state index contributed by atoms with van der Waals surface area (Å²) >= 11 is 0. The number of allylic oxidation sites excluding steroid dienone is 1. The van der Waals surface area contributed by atoms with Crippen LogP contribution in [-0.4, -0.2) is 14.9 Å². The molecule has 0 bridgehead atoms. The van der Waals surface area contributed by atoms with Crippen LogP contribution in [0, 0.1) is 16.7 Å². The minimum atomic E-state index is -1.72. The molecule has 3 aliphatic carbocycles. The summed E-state index contributed by atoms with van der Waals surface area (Å²) in [5, 5.41) is 0.287. The lowest BCUT2D eigenvalue weighted by Gasteiger charge is -2.58. The SMILES string of the molecule is C=C[C@@]12CCc3ccccc3[C@H]1CC[C@]1(CO[Si](C)(C)C(C)(C)C)CCC[C@H]12. The van der Waals surface area contributed by atoms with E-state index in [-0.39, 0.29) is 10.5 Å². The van der Waals surface area contributed by atoms with Crippen LogP contribution in [0.4, 0.5) is 0 Å². The molecule has 2 saturated carbocycles. The van der Waals surface area contributed by atoms with Crippen molar-refractivity contribution in [2.75, 3.05) is 6.61 Å². The van der Waals surface area contributed by atoms with E-state index in [2.05, 4.69) is 70.8 Å². The van der Waals surface area contributed by atoms with Gasteiger partial charge in [0, 0.05) is 6.61 Å². The largest absolute Gasteiger partial charge is 0.416 e. The molecule has 0 unspecified atom stereocenters. The van der Waals surface area contributed by atoms with E-state index in [9.17, 15) is 0 Å². The highest BCUT2D eigenvalue weighted by atomic mass is 28.4. The van der Waals surface area contributed by atoms with Crippen molar-refractivity contribution in [2.45, 2.75) is 89.8 Å². The minimum Gasteiger partial charge on any atom is -0.416 e. The van der Waals surface area contributed by atoms with Crippen LogP contribution in [0.3, 0.4) is 0 Å². The van der Waals surface area contributed by atoms with Crippen LogP contribution < -0.4 is 0 Å². The molecule has 2 fully saturated rings. The van der Waals surface area contributed by atoms with Crippen molar-refractivity contribution in [3.05, 3.63) is 48.0 Å². The summed E-state index contributed by atoms with van der Waals surface area (Å²) in [6.45, 7) is 17.3. The molecule has 4 atom stereocenters.